The highest BCUT2D eigenvalue weighted by Crippen LogP contribution is 2.09. The fourth-order valence-corrected chi connectivity index (χ4v) is 2.32. The fourth-order valence-electron chi connectivity index (χ4n) is 2.32. The molecule has 5 heteroatoms. The van der Waals surface area contributed by atoms with Gasteiger partial charge in [0.25, 0.3) is 0 Å². The number of nitrogens with two attached hydrogens (primary N) is 1. The van der Waals surface area contributed by atoms with Crippen LogP contribution in [0.15, 0.2) is 0 Å². The lowest BCUT2D eigenvalue weighted by atomic mass is 10.0. The summed E-state index contributed by atoms with van der Waals surface area (Å²) >= 11 is 0. The molecule has 1 rings (SSSR count). The standard InChI is InChI=1S/C12H26N4O/c1-4-14-12(2,11(13)17)10-16-7-5-6-15(3)8-9-16/h14H,4-10H2,1-3H3,(H2,13,17). The number of hydrogen-bond acceptors (Lipinski definition) is 4. The van der Waals surface area contributed by atoms with Gasteiger partial charge in [-0.15, -0.1) is 0 Å². The molecule has 3 N–H and O–H groups in total. The number of hydrogen-bond donors (Lipinski definition) is 2. The first kappa shape index (κ1) is 14.4. The van der Waals surface area contributed by atoms with E-state index >= 15 is 0 Å². The summed E-state index contributed by atoms with van der Waals surface area (Å²) in [5.74, 6) is -0.267. The number of nitrogens with one attached hydrogen (secondary N) is 1. The molecule has 1 fully saturated rings. The summed E-state index contributed by atoms with van der Waals surface area (Å²) in [6.45, 7) is 9.58. The van der Waals surface area contributed by atoms with Crippen molar-refractivity contribution in [2.24, 2.45) is 5.73 Å². The third kappa shape index (κ3) is 4.26. The minimum atomic E-state index is -0.613. The summed E-state index contributed by atoms with van der Waals surface area (Å²) in [6.07, 6.45) is 1.15. The molecule has 0 aromatic carbocycles. The highest BCUT2D eigenvalue weighted by atomic mass is 16.1. The second-order valence-corrected chi connectivity index (χ2v) is 5.16. The van der Waals surface area contributed by atoms with Gasteiger partial charge >= 0.3 is 0 Å². The van der Waals surface area contributed by atoms with Gasteiger partial charge < -0.3 is 16.0 Å². The quantitative estimate of drug-likeness (QED) is 0.681. The van der Waals surface area contributed by atoms with Crippen LogP contribution >= 0.6 is 0 Å². The molecule has 1 aliphatic rings. The number of rotatable bonds is 5. The number of carbonyl (C=O) groups is 1. The van der Waals surface area contributed by atoms with Gasteiger partial charge in [-0.2, -0.15) is 0 Å². The van der Waals surface area contributed by atoms with Crippen molar-refractivity contribution in [1.82, 2.24) is 15.1 Å². The second kappa shape index (κ2) is 6.33. The van der Waals surface area contributed by atoms with E-state index in [0.29, 0.717) is 6.54 Å². The highest BCUT2D eigenvalue weighted by Gasteiger charge is 2.32. The Balaban J connectivity index is 2.57. The molecule has 0 aliphatic carbocycles. The van der Waals surface area contributed by atoms with Gasteiger partial charge in [0.05, 0.1) is 0 Å². The molecular formula is C12H26N4O. The zero-order chi connectivity index (χ0) is 12.9. The fraction of sp³-hybridized carbons (Fsp3) is 0.917. The molecule has 0 aromatic heterocycles. The number of nitrogens with zero attached hydrogens (tertiary/aromatic N) is 2. The predicted octanol–water partition coefficient (Wildman–Crippen LogP) is -0.523. The number of primary amides is 1. The molecule has 1 amide bonds. The number of carbonyl (C=O) groups excluding carboxylic acids is 1. The predicted molar refractivity (Wildman–Crippen MR) is 69.8 cm³/mol. The van der Waals surface area contributed by atoms with Crippen molar-refractivity contribution in [3.05, 3.63) is 0 Å². The smallest absolute Gasteiger partial charge is 0.238 e. The monoisotopic (exact) mass is 242 g/mol. The van der Waals surface area contributed by atoms with E-state index in [1.807, 2.05) is 13.8 Å². The lowest BCUT2D eigenvalue weighted by Gasteiger charge is -2.33. The highest BCUT2D eigenvalue weighted by molar-refractivity contribution is 5.84. The normalized spacial score (nSPS) is 23.0. The van der Waals surface area contributed by atoms with E-state index in [2.05, 4.69) is 22.2 Å². The first-order valence-electron chi connectivity index (χ1n) is 6.44. The van der Waals surface area contributed by atoms with Gasteiger partial charge in [0, 0.05) is 19.6 Å². The Morgan fingerprint density at radius 1 is 1.35 bits per heavy atom. The molecule has 1 unspecified atom stereocenters. The van der Waals surface area contributed by atoms with Crippen LogP contribution in [0.1, 0.15) is 20.3 Å². The summed E-state index contributed by atoms with van der Waals surface area (Å²) in [6, 6.07) is 0. The zero-order valence-corrected chi connectivity index (χ0v) is 11.3. The molecule has 0 aromatic rings. The van der Waals surface area contributed by atoms with Crippen LogP contribution in [0.4, 0.5) is 0 Å². The number of amides is 1. The molecule has 100 valence electrons. The minimum Gasteiger partial charge on any atom is -0.368 e. The molecule has 0 saturated carbocycles. The molecule has 0 bridgehead atoms. The first-order valence-corrected chi connectivity index (χ1v) is 6.44. The van der Waals surface area contributed by atoms with Gasteiger partial charge in [-0.25, -0.2) is 0 Å². The molecule has 0 spiro atoms. The van der Waals surface area contributed by atoms with Gasteiger partial charge in [-0.05, 0) is 40.0 Å². The van der Waals surface area contributed by atoms with Crippen molar-refractivity contribution in [2.45, 2.75) is 25.8 Å². The minimum absolute atomic E-state index is 0.267. The summed E-state index contributed by atoms with van der Waals surface area (Å²) in [5, 5.41) is 3.21. The first-order chi connectivity index (χ1) is 7.98. The lowest BCUT2D eigenvalue weighted by molar-refractivity contribution is -0.124. The molecule has 17 heavy (non-hydrogen) atoms. The van der Waals surface area contributed by atoms with Crippen LogP contribution in [0.2, 0.25) is 0 Å². The van der Waals surface area contributed by atoms with Crippen LogP contribution in [0.3, 0.4) is 0 Å². The summed E-state index contributed by atoms with van der Waals surface area (Å²) in [4.78, 5) is 16.2. The summed E-state index contributed by atoms with van der Waals surface area (Å²) in [7, 11) is 2.14. The molecule has 0 radical (unpaired) electrons. The van der Waals surface area contributed by atoms with E-state index in [1.165, 1.54) is 0 Å². The van der Waals surface area contributed by atoms with Gasteiger partial charge in [0.15, 0.2) is 0 Å². The maximum Gasteiger partial charge on any atom is 0.238 e. The Hall–Kier alpha value is -0.650. The Kier molecular flexibility index (Phi) is 5.36. The van der Waals surface area contributed by atoms with Gasteiger partial charge in [-0.1, -0.05) is 6.92 Å². The van der Waals surface area contributed by atoms with Crippen molar-refractivity contribution in [3.8, 4) is 0 Å². The van der Waals surface area contributed by atoms with Crippen molar-refractivity contribution >= 4 is 5.91 Å². The average molecular weight is 242 g/mol. The molecule has 1 atom stereocenters. The van der Waals surface area contributed by atoms with Crippen LogP contribution < -0.4 is 11.1 Å². The third-order valence-corrected chi connectivity index (χ3v) is 3.46. The topological polar surface area (TPSA) is 61.6 Å². The van der Waals surface area contributed by atoms with Gasteiger partial charge in [0.1, 0.15) is 5.54 Å². The van der Waals surface area contributed by atoms with E-state index in [0.717, 1.165) is 39.1 Å². The largest absolute Gasteiger partial charge is 0.368 e. The third-order valence-electron chi connectivity index (χ3n) is 3.46. The van der Waals surface area contributed by atoms with Crippen LogP contribution in [0.25, 0.3) is 0 Å². The van der Waals surface area contributed by atoms with E-state index < -0.39 is 5.54 Å². The zero-order valence-electron chi connectivity index (χ0n) is 11.3. The van der Waals surface area contributed by atoms with E-state index in [1.54, 1.807) is 0 Å². The van der Waals surface area contributed by atoms with E-state index in [4.69, 9.17) is 5.73 Å². The van der Waals surface area contributed by atoms with E-state index in [-0.39, 0.29) is 5.91 Å². The molecular weight excluding hydrogens is 216 g/mol. The van der Waals surface area contributed by atoms with Crippen LogP contribution in [0.5, 0.6) is 0 Å². The lowest BCUT2D eigenvalue weighted by Crippen LogP contribution is -2.59. The van der Waals surface area contributed by atoms with Crippen molar-refractivity contribution in [3.63, 3.8) is 0 Å². The van der Waals surface area contributed by atoms with E-state index in [9.17, 15) is 4.79 Å². The SMILES string of the molecule is CCNC(C)(CN1CCCN(C)CC1)C(N)=O. The van der Waals surface area contributed by atoms with Crippen molar-refractivity contribution < 1.29 is 4.79 Å². The Morgan fingerprint density at radius 3 is 2.65 bits per heavy atom. The molecule has 1 aliphatic heterocycles. The Morgan fingerprint density at radius 2 is 2.06 bits per heavy atom. The summed E-state index contributed by atoms with van der Waals surface area (Å²) in [5.41, 5.74) is 4.89. The molecule has 1 heterocycles. The maximum atomic E-state index is 11.6. The summed E-state index contributed by atoms with van der Waals surface area (Å²) < 4.78 is 0. The van der Waals surface area contributed by atoms with Crippen LogP contribution in [-0.2, 0) is 4.79 Å². The number of likely N-dealkylation sites (N-methyl/N-ethyl adjacent to an activating group) is 2. The van der Waals surface area contributed by atoms with Gasteiger partial charge in [0.2, 0.25) is 5.91 Å². The average Bonchev–Trinajstić information content (AvgIpc) is 2.44. The molecule has 5 nitrogen and oxygen atoms in total. The van der Waals surface area contributed by atoms with Gasteiger partial charge in [-0.3, -0.25) is 9.69 Å². The van der Waals surface area contributed by atoms with Crippen LogP contribution in [-0.4, -0.2) is 67.6 Å². The van der Waals surface area contributed by atoms with Crippen LogP contribution in [0, 0.1) is 0 Å². The molecule has 1 saturated heterocycles. The maximum absolute atomic E-state index is 11.6. The second-order valence-electron chi connectivity index (χ2n) is 5.16. The Bertz CT molecular complexity index is 259. The van der Waals surface area contributed by atoms with Crippen molar-refractivity contribution in [1.29, 1.82) is 0 Å². The van der Waals surface area contributed by atoms with Crippen molar-refractivity contribution in [2.75, 3.05) is 46.3 Å². The Labute approximate surface area is 104 Å².